The van der Waals surface area contributed by atoms with E-state index >= 15 is 0 Å². The van der Waals surface area contributed by atoms with Gasteiger partial charge in [-0.1, -0.05) is 12.2 Å². The molecule has 0 radical (unpaired) electrons. The second-order valence-corrected chi connectivity index (χ2v) is 3.82. The number of ether oxygens (including phenoxy) is 1. The van der Waals surface area contributed by atoms with Gasteiger partial charge in [-0.2, -0.15) is 0 Å². The van der Waals surface area contributed by atoms with Crippen molar-refractivity contribution in [2.45, 2.75) is 19.9 Å². The summed E-state index contributed by atoms with van der Waals surface area (Å²) in [6.07, 6.45) is 5.14. The van der Waals surface area contributed by atoms with E-state index in [1.807, 2.05) is 6.92 Å². The highest BCUT2D eigenvalue weighted by Gasteiger charge is 2.04. The van der Waals surface area contributed by atoms with Gasteiger partial charge in [0.15, 0.2) is 0 Å². The van der Waals surface area contributed by atoms with Crippen LogP contribution in [-0.4, -0.2) is 29.7 Å². The van der Waals surface area contributed by atoms with Gasteiger partial charge in [-0.25, -0.2) is 0 Å². The van der Waals surface area contributed by atoms with Gasteiger partial charge in [0.25, 0.3) is 0 Å². The molecule has 1 atom stereocenters. The van der Waals surface area contributed by atoms with E-state index in [2.05, 4.69) is 28.8 Å². The SMILES string of the molecule is C=C(C)COCCNC(C)c1cnccn1. The predicted octanol–water partition coefficient (Wildman–Crippen LogP) is 1.72. The molecule has 1 heterocycles. The van der Waals surface area contributed by atoms with Gasteiger partial charge in [0, 0.05) is 31.2 Å². The number of hydrogen-bond acceptors (Lipinski definition) is 4. The normalized spacial score (nSPS) is 12.4. The minimum absolute atomic E-state index is 0.196. The molecule has 0 aliphatic rings. The zero-order chi connectivity index (χ0) is 11.8. The van der Waals surface area contributed by atoms with E-state index in [0.29, 0.717) is 13.2 Å². The summed E-state index contributed by atoms with van der Waals surface area (Å²) in [5.74, 6) is 0. The van der Waals surface area contributed by atoms with E-state index in [1.54, 1.807) is 18.6 Å². The third-order valence-corrected chi connectivity index (χ3v) is 2.07. The fraction of sp³-hybridized carbons (Fsp3) is 0.500. The lowest BCUT2D eigenvalue weighted by atomic mass is 10.2. The Kier molecular flexibility index (Phi) is 5.67. The molecule has 0 bridgehead atoms. The first-order valence-corrected chi connectivity index (χ1v) is 5.41. The van der Waals surface area contributed by atoms with Crippen molar-refractivity contribution in [3.05, 3.63) is 36.4 Å². The van der Waals surface area contributed by atoms with Crippen LogP contribution in [0.3, 0.4) is 0 Å². The van der Waals surface area contributed by atoms with Crippen molar-refractivity contribution in [2.24, 2.45) is 0 Å². The molecule has 0 amide bonds. The lowest BCUT2D eigenvalue weighted by Gasteiger charge is -2.12. The van der Waals surface area contributed by atoms with E-state index in [1.165, 1.54) is 0 Å². The summed E-state index contributed by atoms with van der Waals surface area (Å²) in [6.45, 7) is 9.88. The minimum atomic E-state index is 0.196. The third-order valence-electron chi connectivity index (χ3n) is 2.07. The van der Waals surface area contributed by atoms with E-state index in [4.69, 9.17) is 4.74 Å². The van der Waals surface area contributed by atoms with Crippen molar-refractivity contribution in [3.63, 3.8) is 0 Å². The van der Waals surface area contributed by atoms with Gasteiger partial charge in [0.1, 0.15) is 0 Å². The van der Waals surface area contributed by atoms with Gasteiger partial charge in [-0.05, 0) is 13.8 Å². The molecule has 16 heavy (non-hydrogen) atoms. The predicted molar refractivity (Wildman–Crippen MR) is 64.1 cm³/mol. The van der Waals surface area contributed by atoms with Crippen molar-refractivity contribution < 1.29 is 4.74 Å². The van der Waals surface area contributed by atoms with Crippen molar-refractivity contribution in [2.75, 3.05) is 19.8 Å². The Morgan fingerprint density at radius 2 is 2.38 bits per heavy atom. The van der Waals surface area contributed by atoms with Crippen LogP contribution in [0, 0.1) is 0 Å². The largest absolute Gasteiger partial charge is 0.376 e. The van der Waals surface area contributed by atoms with Crippen LogP contribution in [0.5, 0.6) is 0 Å². The molecule has 4 heteroatoms. The Morgan fingerprint density at radius 3 is 3.00 bits per heavy atom. The first kappa shape index (κ1) is 12.8. The number of rotatable bonds is 7. The molecule has 0 aromatic carbocycles. The van der Waals surface area contributed by atoms with Crippen molar-refractivity contribution in [1.29, 1.82) is 0 Å². The first-order valence-electron chi connectivity index (χ1n) is 5.41. The van der Waals surface area contributed by atoms with E-state index in [0.717, 1.165) is 17.8 Å². The zero-order valence-electron chi connectivity index (χ0n) is 9.94. The van der Waals surface area contributed by atoms with E-state index in [9.17, 15) is 0 Å². The van der Waals surface area contributed by atoms with Crippen LogP contribution < -0.4 is 5.32 Å². The van der Waals surface area contributed by atoms with Gasteiger partial charge >= 0.3 is 0 Å². The smallest absolute Gasteiger partial charge is 0.0753 e. The molecule has 0 saturated heterocycles. The number of aromatic nitrogens is 2. The van der Waals surface area contributed by atoms with Crippen LogP contribution in [0.15, 0.2) is 30.7 Å². The average molecular weight is 221 g/mol. The Balaban J connectivity index is 2.16. The number of nitrogens with zero attached hydrogens (tertiary/aromatic N) is 2. The molecule has 0 aliphatic heterocycles. The van der Waals surface area contributed by atoms with Crippen LogP contribution in [0.1, 0.15) is 25.6 Å². The second-order valence-electron chi connectivity index (χ2n) is 3.82. The molecule has 1 aromatic rings. The summed E-state index contributed by atoms with van der Waals surface area (Å²) < 4.78 is 5.38. The number of hydrogen-bond donors (Lipinski definition) is 1. The monoisotopic (exact) mass is 221 g/mol. The average Bonchev–Trinajstić information content (AvgIpc) is 2.29. The van der Waals surface area contributed by atoms with Gasteiger partial charge < -0.3 is 10.1 Å². The summed E-state index contributed by atoms with van der Waals surface area (Å²) in [6, 6.07) is 0.196. The molecule has 1 unspecified atom stereocenters. The van der Waals surface area contributed by atoms with Gasteiger partial charge in [0.05, 0.1) is 18.9 Å². The molecular formula is C12H19N3O. The summed E-state index contributed by atoms with van der Waals surface area (Å²) >= 11 is 0. The van der Waals surface area contributed by atoms with E-state index < -0.39 is 0 Å². The van der Waals surface area contributed by atoms with Gasteiger partial charge in [-0.15, -0.1) is 0 Å². The Bertz CT molecular complexity index is 313. The van der Waals surface area contributed by atoms with Crippen molar-refractivity contribution in [3.8, 4) is 0 Å². The Morgan fingerprint density at radius 1 is 1.56 bits per heavy atom. The highest BCUT2D eigenvalue weighted by Crippen LogP contribution is 2.05. The summed E-state index contributed by atoms with van der Waals surface area (Å²) in [7, 11) is 0. The maximum Gasteiger partial charge on any atom is 0.0753 e. The minimum Gasteiger partial charge on any atom is -0.376 e. The molecule has 0 fully saturated rings. The molecule has 0 spiro atoms. The Hall–Kier alpha value is -1.26. The molecule has 1 rings (SSSR count). The standard InChI is InChI=1S/C12H19N3O/c1-10(2)9-16-7-6-14-11(3)12-8-13-4-5-15-12/h4-5,8,11,14H,1,6-7,9H2,2-3H3. The van der Waals surface area contributed by atoms with Gasteiger partial charge in [-0.3, -0.25) is 9.97 Å². The zero-order valence-corrected chi connectivity index (χ0v) is 9.94. The van der Waals surface area contributed by atoms with Crippen LogP contribution in [0.25, 0.3) is 0 Å². The molecule has 1 aromatic heterocycles. The van der Waals surface area contributed by atoms with Crippen LogP contribution in [0.2, 0.25) is 0 Å². The topological polar surface area (TPSA) is 47.0 Å². The van der Waals surface area contributed by atoms with Crippen LogP contribution >= 0.6 is 0 Å². The highest BCUT2D eigenvalue weighted by molar-refractivity contribution is 5.00. The second kappa shape index (κ2) is 7.09. The Labute approximate surface area is 96.8 Å². The fourth-order valence-electron chi connectivity index (χ4n) is 1.23. The molecular weight excluding hydrogens is 202 g/mol. The summed E-state index contributed by atoms with van der Waals surface area (Å²) in [5.41, 5.74) is 1.99. The highest BCUT2D eigenvalue weighted by atomic mass is 16.5. The maximum atomic E-state index is 5.38. The molecule has 0 aliphatic carbocycles. The van der Waals surface area contributed by atoms with Crippen molar-refractivity contribution in [1.82, 2.24) is 15.3 Å². The lowest BCUT2D eigenvalue weighted by molar-refractivity contribution is 0.155. The third kappa shape index (κ3) is 5.00. The molecule has 0 saturated carbocycles. The lowest BCUT2D eigenvalue weighted by Crippen LogP contribution is -2.24. The molecule has 4 nitrogen and oxygen atoms in total. The molecule has 1 N–H and O–H groups in total. The maximum absolute atomic E-state index is 5.38. The summed E-state index contributed by atoms with van der Waals surface area (Å²) in [4.78, 5) is 8.25. The van der Waals surface area contributed by atoms with Crippen LogP contribution in [0.4, 0.5) is 0 Å². The van der Waals surface area contributed by atoms with Gasteiger partial charge in [0.2, 0.25) is 0 Å². The van der Waals surface area contributed by atoms with Crippen molar-refractivity contribution >= 4 is 0 Å². The molecule has 88 valence electrons. The van der Waals surface area contributed by atoms with Crippen LogP contribution in [-0.2, 0) is 4.74 Å². The van der Waals surface area contributed by atoms with E-state index in [-0.39, 0.29) is 6.04 Å². The quantitative estimate of drug-likeness (QED) is 0.562. The number of nitrogens with one attached hydrogen (secondary N) is 1. The fourth-order valence-corrected chi connectivity index (χ4v) is 1.23. The first-order chi connectivity index (χ1) is 7.70. The summed E-state index contributed by atoms with van der Waals surface area (Å²) in [5, 5.41) is 3.32.